The van der Waals surface area contributed by atoms with Crippen molar-refractivity contribution in [3.05, 3.63) is 66.0 Å². The second-order valence-electron chi connectivity index (χ2n) is 7.32. The highest BCUT2D eigenvalue weighted by atomic mass is 16.3. The zero-order valence-corrected chi connectivity index (χ0v) is 16.2. The molecule has 1 aliphatic heterocycles. The highest BCUT2D eigenvalue weighted by Gasteiger charge is 2.18. The number of carbonyl (C=O) groups excluding carboxylic acids is 1. The van der Waals surface area contributed by atoms with Crippen molar-refractivity contribution in [2.75, 3.05) is 23.7 Å². The molecule has 0 radical (unpaired) electrons. The number of nitrogens with two attached hydrogens (primary N) is 1. The number of ketones is 1. The third kappa shape index (κ3) is 4.21. The number of aromatic hydroxyl groups is 1. The lowest BCUT2D eigenvalue weighted by Gasteiger charge is -2.21. The Labute approximate surface area is 170 Å². The van der Waals surface area contributed by atoms with Gasteiger partial charge in [-0.25, -0.2) is 9.97 Å². The van der Waals surface area contributed by atoms with Gasteiger partial charge in [0, 0.05) is 24.8 Å². The van der Waals surface area contributed by atoms with E-state index in [0.29, 0.717) is 11.3 Å². The molecule has 6 heteroatoms. The van der Waals surface area contributed by atoms with Gasteiger partial charge in [-0.2, -0.15) is 0 Å². The minimum atomic E-state index is -0.243. The van der Waals surface area contributed by atoms with Crippen LogP contribution in [0.2, 0.25) is 0 Å². The first kappa shape index (κ1) is 18.9. The van der Waals surface area contributed by atoms with Gasteiger partial charge in [-0.1, -0.05) is 31.0 Å². The van der Waals surface area contributed by atoms with E-state index in [2.05, 4.69) is 14.9 Å². The van der Waals surface area contributed by atoms with Crippen LogP contribution in [0.3, 0.4) is 0 Å². The fourth-order valence-electron chi connectivity index (χ4n) is 3.63. The van der Waals surface area contributed by atoms with Crippen molar-refractivity contribution in [3.8, 4) is 16.9 Å². The molecule has 3 aromatic rings. The number of hydrogen-bond acceptors (Lipinski definition) is 6. The summed E-state index contributed by atoms with van der Waals surface area (Å²) in [6.07, 6.45) is 6.39. The molecule has 3 heterocycles. The van der Waals surface area contributed by atoms with Gasteiger partial charge in [-0.05, 0) is 48.7 Å². The molecule has 1 saturated heterocycles. The quantitative estimate of drug-likeness (QED) is 0.655. The van der Waals surface area contributed by atoms with E-state index in [4.69, 9.17) is 5.73 Å². The fraction of sp³-hybridized carbons (Fsp3) is 0.261. The molecule has 0 amide bonds. The summed E-state index contributed by atoms with van der Waals surface area (Å²) in [5.74, 6) is 0.953. The smallest absolute Gasteiger partial charge is 0.215 e. The van der Waals surface area contributed by atoms with Crippen LogP contribution in [0, 0.1) is 0 Å². The maximum absolute atomic E-state index is 13.2. The average molecular weight is 388 g/mol. The zero-order valence-electron chi connectivity index (χ0n) is 16.2. The number of phenols is 1. The fourth-order valence-corrected chi connectivity index (χ4v) is 3.63. The molecule has 3 N–H and O–H groups in total. The van der Waals surface area contributed by atoms with Gasteiger partial charge in [0.05, 0.1) is 5.56 Å². The molecule has 0 unspecified atom stereocenters. The topological polar surface area (TPSA) is 92.3 Å². The lowest BCUT2D eigenvalue weighted by molar-refractivity contribution is 0.103. The van der Waals surface area contributed by atoms with Gasteiger partial charge >= 0.3 is 0 Å². The highest BCUT2D eigenvalue weighted by Crippen LogP contribution is 2.26. The summed E-state index contributed by atoms with van der Waals surface area (Å²) in [5, 5.41) is 9.49. The van der Waals surface area contributed by atoms with Crippen molar-refractivity contribution in [1.29, 1.82) is 0 Å². The third-order valence-corrected chi connectivity index (χ3v) is 5.26. The number of anilines is 2. The molecule has 1 aromatic carbocycles. The minimum absolute atomic E-state index is 0.180. The van der Waals surface area contributed by atoms with Gasteiger partial charge in [0.25, 0.3) is 0 Å². The Morgan fingerprint density at radius 2 is 1.69 bits per heavy atom. The minimum Gasteiger partial charge on any atom is -0.508 e. The van der Waals surface area contributed by atoms with Crippen molar-refractivity contribution >= 4 is 17.4 Å². The molecule has 0 saturated carbocycles. The lowest BCUT2D eigenvalue weighted by atomic mass is 10.0. The van der Waals surface area contributed by atoms with Crippen LogP contribution in [0.4, 0.5) is 11.6 Å². The molecule has 0 bridgehead atoms. The SMILES string of the molecule is Nc1ncc(-c2ccc(O)cc2)cc1C(=O)c1cccc(N2CCCCCC2)n1. The Balaban J connectivity index is 1.65. The Kier molecular flexibility index (Phi) is 5.42. The largest absolute Gasteiger partial charge is 0.508 e. The second kappa shape index (κ2) is 8.31. The third-order valence-electron chi connectivity index (χ3n) is 5.26. The molecule has 0 atom stereocenters. The Hall–Kier alpha value is -3.41. The van der Waals surface area contributed by atoms with Crippen molar-refractivity contribution in [3.63, 3.8) is 0 Å². The van der Waals surface area contributed by atoms with Gasteiger partial charge in [0.15, 0.2) is 0 Å². The molecular formula is C23H24N4O2. The van der Waals surface area contributed by atoms with Crippen molar-refractivity contribution in [1.82, 2.24) is 9.97 Å². The number of benzene rings is 1. The monoisotopic (exact) mass is 388 g/mol. The van der Waals surface area contributed by atoms with Crippen molar-refractivity contribution < 1.29 is 9.90 Å². The number of aromatic nitrogens is 2. The summed E-state index contributed by atoms with van der Waals surface area (Å²) in [7, 11) is 0. The number of nitrogens with zero attached hydrogens (tertiary/aromatic N) is 3. The number of nitrogen functional groups attached to an aromatic ring is 1. The molecule has 0 spiro atoms. The molecule has 29 heavy (non-hydrogen) atoms. The normalized spacial score (nSPS) is 14.4. The predicted octanol–water partition coefficient (Wildman–Crippen LogP) is 4.04. The second-order valence-corrected chi connectivity index (χ2v) is 7.32. The van der Waals surface area contributed by atoms with Crippen LogP contribution in [0.1, 0.15) is 41.7 Å². The van der Waals surface area contributed by atoms with Crippen LogP contribution >= 0.6 is 0 Å². The maximum Gasteiger partial charge on any atom is 0.215 e. The molecule has 6 nitrogen and oxygen atoms in total. The molecular weight excluding hydrogens is 364 g/mol. The van der Waals surface area contributed by atoms with E-state index < -0.39 is 0 Å². The van der Waals surface area contributed by atoms with E-state index in [1.807, 2.05) is 12.1 Å². The summed E-state index contributed by atoms with van der Waals surface area (Å²) in [6, 6.07) is 14.0. The van der Waals surface area contributed by atoms with Crippen molar-refractivity contribution in [2.24, 2.45) is 0 Å². The first-order valence-electron chi connectivity index (χ1n) is 9.93. The van der Waals surface area contributed by atoms with Crippen LogP contribution in [0.15, 0.2) is 54.7 Å². The summed E-state index contributed by atoms with van der Waals surface area (Å²) in [5.41, 5.74) is 8.31. The molecule has 1 fully saturated rings. The molecule has 4 rings (SSSR count). The average Bonchev–Trinajstić information content (AvgIpc) is 3.04. The van der Waals surface area contributed by atoms with Crippen LogP contribution in [0.5, 0.6) is 5.75 Å². The van der Waals surface area contributed by atoms with Gasteiger partial charge in [-0.3, -0.25) is 4.79 Å². The summed E-state index contributed by atoms with van der Waals surface area (Å²) in [4.78, 5) is 24.2. The van der Waals surface area contributed by atoms with Crippen LogP contribution in [-0.4, -0.2) is 33.9 Å². The number of carbonyl (C=O) groups is 1. The molecule has 2 aromatic heterocycles. The predicted molar refractivity (Wildman–Crippen MR) is 114 cm³/mol. The molecule has 1 aliphatic rings. The van der Waals surface area contributed by atoms with Gasteiger partial charge < -0.3 is 15.7 Å². The van der Waals surface area contributed by atoms with E-state index in [1.165, 1.54) is 12.8 Å². The summed E-state index contributed by atoms with van der Waals surface area (Å²) >= 11 is 0. The van der Waals surface area contributed by atoms with E-state index in [0.717, 1.165) is 42.9 Å². The lowest BCUT2D eigenvalue weighted by Crippen LogP contribution is -2.25. The van der Waals surface area contributed by atoms with Crippen LogP contribution in [-0.2, 0) is 0 Å². The van der Waals surface area contributed by atoms with E-state index in [1.54, 1.807) is 42.6 Å². The van der Waals surface area contributed by atoms with Gasteiger partial charge in [-0.15, -0.1) is 0 Å². The molecule has 0 aliphatic carbocycles. The first-order valence-corrected chi connectivity index (χ1v) is 9.93. The number of pyridine rings is 2. The first-order chi connectivity index (χ1) is 14.1. The zero-order chi connectivity index (χ0) is 20.2. The van der Waals surface area contributed by atoms with E-state index in [-0.39, 0.29) is 17.4 Å². The number of rotatable bonds is 4. The summed E-state index contributed by atoms with van der Waals surface area (Å²) < 4.78 is 0. The van der Waals surface area contributed by atoms with E-state index >= 15 is 0 Å². The highest BCUT2D eigenvalue weighted by molar-refractivity contribution is 6.11. The molecule has 148 valence electrons. The van der Waals surface area contributed by atoms with Crippen LogP contribution < -0.4 is 10.6 Å². The summed E-state index contributed by atoms with van der Waals surface area (Å²) in [6.45, 7) is 1.93. The standard InChI is InChI=1S/C23H24N4O2/c24-23-19(14-17(15-25-23)16-8-10-18(28)11-9-16)22(29)20-6-5-7-21(26-20)27-12-3-1-2-4-13-27/h5-11,14-15,28H,1-4,12-13H2,(H2,24,25). The van der Waals surface area contributed by atoms with E-state index in [9.17, 15) is 9.90 Å². The number of phenolic OH excluding ortho intramolecular Hbond substituents is 1. The van der Waals surface area contributed by atoms with Crippen LogP contribution in [0.25, 0.3) is 11.1 Å². The Morgan fingerprint density at radius 3 is 2.41 bits per heavy atom. The maximum atomic E-state index is 13.2. The Morgan fingerprint density at radius 1 is 0.966 bits per heavy atom. The number of hydrogen-bond donors (Lipinski definition) is 2. The van der Waals surface area contributed by atoms with Gasteiger partial charge in [0.1, 0.15) is 23.1 Å². The van der Waals surface area contributed by atoms with Crippen molar-refractivity contribution in [2.45, 2.75) is 25.7 Å². The van der Waals surface area contributed by atoms with Gasteiger partial charge in [0.2, 0.25) is 5.78 Å². The Bertz CT molecular complexity index is 1010.